The molecule has 0 fully saturated rings. The first-order valence-corrected chi connectivity index (χ1v) is 5.88. The van der Waals surface area contributed by atoms with E-state index in [-0.39, 0.29) is 0 Å². The van der Waals surface area contributed by atoms with Gasteiger partial charge in [-0.05, 0) is 30.0 Å². The molecule has 0 saturated carbocycles. The average molecular weight is 229 g/mol. The van der Waals surface area contributed by atoms with Gasteiger partial charge >= 0.3 is 0 Å². The van der Waals surface area contributed by atoms with E-state index in [4.69, 9.17) is 5.26 Å². The lowest BCUT2D eigenvalue weighted by molar-refractivity contribution is -0.109. The summed E-state index contributed by atoms with van der Waals surface area (Å²) in [5.41, 5.74) is 1.23. The molecule has 2 nitrogen and oxygen atoms in total. The highest BCUT2D eigenvalue weighted by Gasteiger charge is 2.09. The summed E-state index contributed by atoms with van der Waals surface area (Å²) in [6, 6.07) is 10.3. The van der Waals surface area contributed by atoms with E-state index in [1.54, 1.807) is 11.3 Å². The SMILES string of the molecule is Cc1ccc2cc(CC(C#N)C=O)sc2c1. The Morgan fingerprint density at radius 2 is 2.31 bits per heavy atom. The van der Waals surface area contributed by atoms with Crippen molar-refractivity contribution in [2.24, 2.45) is 5.92 Å². The zero-order valence-corrected chi connectivity index (χ0v) is 9.75. The molecule has 2 rings (SSSR count). The van der Waals surface area contributed by atoms with E-state index >= 15 is 0 Å². The molecule has 0 N–H and O–H groups in total. The molecule has 0 saturated heterocycles. The highest BCUT2D eigenvalue weighted by molar-refractivity contribution is 7.19. The molecule has 2 aromatic rings. The molecule has 0 amide bonds. The summed E-state index contributed by atoms with van der Waals surface area (Å²) in [4.78, 5) is 11.7. The van der Waals surface area contributed by atoms with Crippen LogP contribution in [0.15, 0.2) is 24.3 Å². The predicted octanol–water partition coefficient (Wildman–Crippen LogP) is 3.09. The van der Waals surface area contributed by atoms with Crippen molar-refractivity contribution in [2.75, 3.05) is 0 Å². The number of hydrogen-bond acceptors (Lipinski definition) is 3. The number of fused-ring (bicyclic) bond motifs is 1. The second kappa shape index (κ2) is 4.46. The van der Waals surface area contributed by atoms with Crippen molar-refractivity contribution in [3.05, 3.63) is 34.7 Å². The molecule has 1 heterocycles. The Morgan fingerprint density at radius 1 is 1.50 bits per heavy atom. The molecule has 0 spiro atoms. The molecule has 0 aliphatic heterocycles. The normalized spacial score (nSPS) is 12.2. The fourth-order valence-corrected chi connectivity index (χ4v) is 2.86. The largest absolute Gasteiger partial charge is 0.302 e. The van der Waals surface area contributed by atoms with Gasteiger partial charge in [0.1, 0.15) is 12.2 Å². The summed E-state index contributed by atoms with van der Waals surface area (Å²) in [7, 11) is 0. The summed E-state index contributed by atoms with van der Waals surface area (Å²) >= 11 is 1.66. The molecule has 1 unspecified atom stereocenters. The Labute approximate surface area is 98.1 Å². The van der Waals surface area contributed by atoms with Gasteiger partial charge in [0.15, 0.2) is 0 Å². The lowest BCUT2D eigenvalue weighted by Crippen LogP contribution is -2.00. The minimum absolute atomic E-state index is 0.519. The third kappa shape index (κ3) is 2.12. The summed E-state index contributed by atoms with van der Waals surface area (Å²) < 4.78 is 1.22. The van der Waals surface area contributed by atoms with Crippen LogP contribution in [0.4, 0.5) is 0 Å². The molecule has 0 bridgehead atoms. The van der Waals surface area contributed by atoms with Gasteiger partial charge < -0.3 is 4.79 Å². The van der Waals surface area contributed by atoms with Crippen molar-refractivity contribution in [2.45, 2.75) is 13.3 Å². The number of nitrogens with zero attached hydrogens (tertiary/aromatic N) is 1. The van der Waals surface area contributed by atoms with E-state index in [0.29, 0.717) is 6.42 Å². The van der Waals surface area contributed by atoms with E-state index in [2.05, 4.69) is 31.2 Å². The summed E-state index contributed by atoms with van der Waals surface area (Å²) in [5, 5.41) is 9.92. The fourth-order valence-electron chi connectivity index (χ4n) is 1.63. The lowest BCUT2D eigenvalue weighted by atomic mass is 10.1. The van der Waals surface area contributed by atoms with Crippen LogP contribution in [0.5, 0.6) is 0 Å². The monoisotopic (exact) mass is 229 g/mol. The number of nitriles is 1. The zero-order valence-electron chi connectivity index (χ0n) is 8.93. The van der Waals surface area contributed by atoms with Gasteiger partial charge in [0.2, 0.25) is 0 Å². The molecule has 3 heteroatoms. The molecule has 0 aliphatic carbocycles. The van der Waals surface area contributed by atoms with E-state index in [1.807, 2.05) is 6.07 Å². The first-order chi connectivity index (χ1) is 7.72. The van der Waals surface area contributed by atoms with Crippen molar-refractivity contribution < 1.29 is 4.79 Å². The molecule has 0 radical (unpaired) electrons. The highest BCUT2D eigenvalue weighted by Crippen LogP contribution is 2.27. The fraction of sp³-hybridized carbons (Fsp3) is 0.231. The van der Waals surface area contributed by atoms with Crippen LogP contribution >= 0.6 is 11.3 Å². The van der Waals surface area contributed by atoms with Gasteiger partial charge in [0.25, 0.3) is 0 Å². The van der Waals surface area contributed by atoms with Crippen molar-refractivity contribution in [1.82, 2.24) is 0 Å². The number of aryl methyl sites for hydroxylation is 1. The zero-order chi connectivity index (χ0) is 11.5. The molecule has 1 aromatic carbocycles. The van der Waals surface area contributed by atoms with Crippen LogP contribution in [0.2, 0.25) is 0 Å². The van der Waals surface area contributed by atoms with Crippen molar-refractivity contribution >= 4 is 27.7 Å². The minimum atomic E-state index is -0.519. The molecule has 80 valence electrons. The van der Waals surface area contributed by atoms with Crippen LogP contribution in [0.25, 0.3) is 10.1 Å². The van der Waals surface area contributed by atoms with Gasteiger partial charge in [-0.25, -0.2) is 0 Å². The Kier molecular flexibility index (Phi) is 3.02. The first-order valence-electron chi connectivity index (χ1n) is 5.07. The van der Waals surface area contributed by atoms with Crippen LogP contribution in [0, 0.1) is 24.2 Å². The maximum absolute atomic E-state index is 10.6. The molecular formula is C13H11NOS. The number of aldehydes is 1. The quantitative estimate of drug-likeness (QED) is 0.759. The van der Waals surface area contributed by atoms with Gasteiger partial charge in [-0.15, -0.1) is 11.3 Å². The second-order valence-corrected chi connectivity index (χ2v) is 5.00. The maximum Gasteiger partial charge on any atom is 0.137 e. The number of hydrogen-bond donors (Lipinski definition) is 0. The Balaban J connectivity index is 2.33. The number of carbonyl (C=O) groups is 1. The Bertz CT molecular complexity index is 565. The maximum atomic E-state index is 10.6. The molecule has 16 heavy (non-hydrogen) atoms. The lowest BCUT2D eigenvalue weighted by Gasteiger charge is -1.95. The highest BCUT2D eigenvalue weighted by atomic mass is 32.1. The van der Waals surface area contributed by atoms with Gasteiger partial charge in [0, 0.05) is 16.0 Å². The topological polar surface area (TPSA) is 40.9 Å². The van der Waals surface area contributed by atoms with E-state index in [9.17, 15) is 4.79 Å². The minimum Gasteiger partial charge on any atom is -0.302 e. The van der Waals surface area contributed by atoms with E-state index in [1.165, 1.54) is 15.6 Å². The predicted molar refractivity (Wildman–Crippen MR) is 65.4 cm³/mol. The smallest absolute Gasteiger partial charge is 0.137 e. The Hall–Kier alpha value is -1.66. The number of carbonyl (C=O) groups excluding carboxylic acids is 1. The molecule has 1 atom stereocenters. The van der Waals surface area contributed by atoms with Crippen LogP contribution in [0.1, 0.15) is 10.4 Å². The van der Waals surface area contributed by atoms with Gasteiger partial charge in [-0.1, -0.05) is 12.1 Å². The van der Waals surface area contributed by atoms with Crippen LogP contribution in [-0.2, 0) is 11.2 Å². The number of rotatable bonds is 3. The van der Waals surface area contributed by atoms with Crippen molar-refractivity contribution in [1.29, 1.82) is 5.26 Å². The van der Waals surface area contributed by atoms with Crippen molar-refractivity contribution in [3.8, 4) is 6.07 Å². The third-order valence-electron chi connectivity index (χ3n) is 2.48. The summed E-state index contributed by atoms with van der Waals surface area (Å²) in [6.45, 7) is 2.06. The van der Waals surface area contributed by atoms with Gasteiger partial charge in [0.05, 0.1) is 6.07 Å². The van der Waals surface area contributed by atoms with Crippen LogP contribution in [-0.4, -0.2) is 6.29 Å². The third-order valence-corrected chi connectivity index (χ3v) is 3.60. The van der Waals surface area contributed by atoms with E-state index in [0.717, 1.165) is 11.2 Å². The van der Waals surface area contributed by atoms with Gasteiger partial charge in [-0.3, -0.25) is 0 Å². The number of benzene rings is 1. The Morgan fingerprint density at radius 3 is 3.00 bits per heavy atom. The second-order valence-electron chi connectivity index (χ2n) is 3.83. The molecular weight excluding hydrogens is 218 g/mol. The molecule has 0 aliphatic rings. The summed E-state index contributed by atoms with van der Waals surface area (Å²) in [6.07, 6.45) is 1.24. The van der Waals surface area contributed by atoms with Crippen molar-refractivity contribution in [3.63, 3.8) is 0 Å². The van der Waals surface area contributed by atoms with Gasteiger partial charge in [-0.2, -0.15) is 5.26 Å². The standard InChI is InChI=1S/C13H11NOS/c1-9-2-3-11-6-12(16-13(11)4-9)5-10(7-14)8-15/h2-4,6,8,10H,5H2,1H3. The summed E-state index contributed by atoms with van der Waals surface area (Å²) in [5.74, 6) is -0.519. The first kappa shape index (κ1) is 10.8. The number of thiophene rings is 1. The average Bonchev–Trinajstić information content (AvgIpc) is 2.67. The van der Waals surface area contributed by atoms with E-state index < -0.39 is 5.92 Å². The van der Waals surface area contributed by atoms with Crippen LogP contribution in [0.3, 0.4) is 0 Å². The van der Waals surface area contributed by atoms with Crippen LogP contribution < -0.4 is 0 Å². The molecule has 1 aromatic heterocycles.